The number of amides is 1. The predicted octanol–water partition coefficient (Wildman–Crippen LogP) is 4.16. The molecule has 24 heavy (non-hydrogen) atoms. The largest absolute Gasteiger partial charge is 0.298 e. The zero-order valence-corrected chi connectivity index (χ0v) is 13.5. The normalized spacial score (nSPS) is 11.0. The van der Waals surface area contributed by atoms with Gasteiger partial charge in [-0.05, 0) is 36.8 Å². The summed E-state index contributed by atoms with van der Waals surface area (Å²) in [6.45, 7) is 1.99. The second-order valence-electron chi connectivity index (χ2n) is 5.13. The predicted molar refractivity (Wildman–Crippen MR) is 95.1 cm³/mol. The molecule has 7 heteroatoms. The van der Waals surface area contributed by atoms with Gasteiger partial charge in [-0.2, -0.15) is 0 Å². The summed E-state index contributed by atoms with van der Waals surface area (Å²) in [6, 6.07) is 12.1. The number of para-hydroxylation sites is 1. The maximum absolute atomic E-state index is 12.0. The SMILES string of the molecule is Cc1ccc2nc(NC(=O)/C=C\c3ccccc3[N+](=O)[O-])sc2c1. The van der Waals surface area contributed by atoms with Crippen LogP contribution in [-0.2, 0) is 4.79 Å². The molecule has 0 saturated carbocycles. The summed E-state index contributed by atoms with van der Waals surface area (Å²) in [5.41, 5.74) is 2.28. The highest BCUT2D eigenvalue weighted by molar-refractivity contribution is 7.22. The van der Waals surface area contributed by atoms with Gasteiger partial charge in [-0.25, -0.2) is 4.98 Å². The highest BCUT2D eigenvalue weighted by Gasteiger charge is 2.10. The van der Waals surface area contributed by atoms with E-state index in [1.165, 1.54) is 29.6 Å². The Morgan fingerprint density at radius 3 is 2.88 bits per heavy atom. The molecule has 0 saturated heterocycles. The summed E-state index contributed by atoms with van der Waals surface area (Å²) in [6.07, 6.45) is 2.69. The Labute approximate surface area is 141 Å². The summed E-state index contributed by atoms with van der Waals surface area (Å²) in [5, 5.41) is 14.1. The number of benzene rings is 2. The van der Waals surface area contributed by atoms with Gasteiger partial charge >= 0.3 is 0 Å². The molecule has 1 amide bonds. The van der Waals surface area contributed by atoms with E-state index >= 15 is 0 Å². The highest BCUT2D eigenvalue weighted by Crippen LogP contribution is 2.26. The minimum Gasteiger partial charge on any atom is -0.298 e. The van der Waals surface area contributed by atoms with E-state index in [0.29, 0.717) is 10.7 Å². The average Bonchev–Trinajstić information content (AvgIpc) is 2.94. The second kappa shape index (κ2) is 6.59. The number of hydrogen-bond acceptors (Lipinski definition) is 5. The molecular weight excluding hydrogens is 326 g/mol. The van der Waals surface area contributed by atoms with Gasteiger partial charge in [0.25, 0.3) is 5.69 Å². The number of nitrogens with zero attached hydrogens (tertiary/aromatic N) is 2. The number of aromatic nitrogens is 1. The Balaban J connectivity index is 1.76. The lowest BCUT2D eigenvalue weighted by atomic mass is 10.1. The monoisotopic (exact) mass is 339 g/mol. The van der Waals surface area contributed by atoms with Gasteiger partial charge in [0, 0.05) is 12.1 Å². The molecule has 1 heterocycles. The molecule has 3 rings (SSSR count). The number of thiazole rings is 1. The molecule has 0 radical (unpaired) electrons. The fourth-order valence-electron chi connectivity index (χ4n) is 2.19. The number of carbonyl (C=O) groups is 1. The number of carbonyl (C=O) groups excluding carboxylic acids is 1. The minimum absolute atomic E-state index is 0.0444. The smallest absolute Gasteiger partial charge is 0.276 e. The fourth-order valence-corrected chi connectivity index (χ4v) is 3.16. The van der Waals surface area contributed by atoms with E-state index in [9.17, 15) is 14.9 Å². The topological polar surface area (TPSA) is 85.1 Å². The fraction of sp³-hybridized carbons (Fsp3) is 0.0588. The van der Waals surface area contributed by atoms with E-state index in [0.717, 1.165) is 15.8 Å². The molecular formula is C17H13N3O3S. The summed E-state index contributed by atoms with van der Waals surface area (Å²) in [4.78, 5) is 26.8. The second-order valence-corrected chi connectivity index (χ2v) is 6.16. The number of aryl methyl sites for hydroxylation is 1. The summed E-state index contributed by atoms with van der Waals surface area (Å²) in [5.74, 6) is -0.385. The first-order valence-electron chi connectivity index (χ1n) is 7.12. The third kappa shape index (κ3) is 3.47. The van der Waals surface area contributed by atoms with Crippen molar-refractivity contribution in [3.05, 3.63) is 69.8 Å². The van der Waals surface area contributed by atoms with Gasteiger partial charge in [0.05, 0.1) is 20.7 Å². The molecule has 0 unspecified atom stereocenters. The maximum Gasteiger partial charge on any atom is 0.276 e. The van der Waals surface area contributed by atoms with Crippen molar-refractivity contribution >= 4 is 44.4 Å². The number of hydrogen-bond donors (Lipinski definition) is 1. The van der Waals surface area contributed by atoms with Crippen LogP contribution in [0.5, 0.6) is 0 Å². The molecule has 6 nitrogen and oxygen atoms in total. The number of nitro benzene ring substituents is 1. The van der Waals surface area contributed by atoms with E-state index < -0.39 is 4.92 Å². The quantitative estimate of drug-likeness (QED) is 0.439. The van der Waals surface area contributed by atoms with Crippen molar-refractivity contribution in [3.8, 4) is 0 Å². The van der Waals surface area contributed by atoms with Crippen molar-refractivity contribution in [2.75, 3.05) is 5.32 Å². The number of anilines is 1. The van der Waals surface area contributed by atoms with Crippen LogP contribution in [0.25, 0.3) is 16.3 Å². The van der Waals surface area contributed by atoms with Gasteiger partial charge in [0.15, 0.2) is 5.13 Å². The first-order valence-corrected chi connectivity index (χ1v) is 7.94. The first kappa shape index (κ1) is 15.8. The first-order chi connectivity index (χ1) is 11.5. The molecule has 3 aromatic rings. The van der Waals surface area contributed by atoms with Crippen LogP contribution in [-0.4, -0.2) is 15.8 Å². The zero-order chi connectivity index (χ0) is 17.1. The Kier molecular flexibility index (Phi) is 4.35. The Morgan fingerprint density at radius 2 is 2.08 bits per heavy atom. The van der Waals surface area contributed by atoms with E-state index in [1.807, 2.05) is 25.1 Å². The van der Waals surface area contributed by atoms with Crippen molar-refractivity contribution in [3.63, 3.8) is 0 Å². The van der Waals surface area contributed by atoms with E-state index in [2.05, 4.69) is 10.3 Å². The average molecular weight is 339 g/mol. The van der Waals surface area contributed by atoms with Gasteiger partial charge in [0.1, 0.15) is 0 Å². The summed E-state index contributed by atoms with van der Waals surface area (Å²) < 4.78 is 0.993. The Hall–Kier alpha value is -3.06. The third-order valence-corrected chi connectivity index (χ3v) is 4.26. The van der Waals surface area contributed by atoms with Gasteiger partial charge in [0.2, 0.25) is 5.91 Å². The van der Waals surface area contributed by atoms with Crippen molar-refractivity contribution < 1.29 is 9.72 Å². The Bertz CT molecular complexity index is 963. The van der Waals surface area contributed by atoms with Crippen molar-refractivity contribution in [2.24, 2.45) is 0 Å². The Morgan fingerprint density at radius 1 is 1.29 bits per heavy atom. The lowest BCUT2D eigenvalue weighted by molar-refractivity contribution is -0.385. The van der Waals surface area contributed by atoms with Crippen LogP contribution < -0.4 is 5.32 Å². The maximum atomic E-state index is 12.0. The van der Waals surface area contributed by atoms with Crippen LogP contribution >= 0.6 is 11.3 Å². The van der Waals surface area contributed by atoms with Crippen LogP contribution in [0, 0.1) is 17.0 Å². The van der Waals surface area contributed by atoms with Crippen LogP contribution in [0.1, 0.15) is 11.1 Å². The van der Waals surface area contributed by atoms with Crippen LogP contribution in [0.2, 0.25) is 0 Å². The van der Waals surface area contributed by atoms with E-state index in [4.69, 9.17) is 0 Å². The lowest BCUT2D eigenvalue weighted by Gasteiger charge is -1.97. The zero-order valence-electron chi connectivity index (χ0n) is 12.7. The van der Waals surface area contributed by atoms with Gasteiger partial charge in [-0.15, -0.1) is 0 Å². The molecule has 1 aromatic heterocycles. The number of fused-ring (bicyclic) bond motifs is 1. The highest BCUT2D eigenvalue weighted by atomic mass is 32.1. The van der Waals surface area contributed by atoms with Crippen molar-refractivity contribution in [2.45, 2.75) is 6.92 Å². The van der Waals surface area contributed by atoms with E-state index in [1.54, 1.807) is 18.2 Å². The van der Waals surface area contributed by atoms with Crippen LogP contribution in [0.15, 0.2) is 48.5 Å². The minimum atomic E-state index is -0.479. The molecule has 0 aliphatic carbocycles. The number of rotatable bonds is 4. The van der Waals surface area contributed by atoms with Gasteiger partial charge in [-0.3, -0.25) is 20.2 Å². The van der Waals surface area contributed by atoms with Crippen molar-refractivity contribution in [1.82, 2.24) is 4.98 Å². The molecule has 120 valence electrons. The molecule has 0 bridgehead atoms. The molecule has 0 aliphatic heterocycles. The molecule has 0 aliphatic rings. The summed E-state index contributed by atoms with van der Waals surface area (Å²) in [7, 11) is 0. The van der Waals surface area contributed by atoms with Gasteiger partial charge < -0.3 is 0 Å². The molecule has 0 spiro atoms. The molecule has 1 N–H and O–H groups in total. The molecule has 0 atom stereocenters. The third-order valence-electron chi connectivity index (χ3n) is 3.32. The standard InChI is InChI=1S/C17H13N3O3S/c1-11-6-8-13-15(10-11)24-17(18-13)19-16(21)9-7-12-4-2-3-5-14(12)20(22)23/h2-10H,1H3,(H,18,19,21)/b9-7-. The van der Waals surface area contributed by atoms with Crippen LogP contribution in [0.3, 0.4) is 0 Å². The summed E-state index contributed by atoms with van der Waals surface area (Å²) >= 11 is 1.38. The van der Waals surface area contributed by atoms with Crippen molar-refractivity contribution in [1.29, 1.82) is 0 Å². The number of nitro groups is 1. The van der Waals surface area contributed by atoms with E-state index in [-0.39, 0.29) is 11.6 Å². The molecule has 0 fully saturated rings. The molecule has 2 aromatic carbocycles. The lowest BCUT2D eigenvalue weighted by Crippen LogP contribution is -2.07. The van der Waals surface area contributed by atoms with Gasteiger partial charge in [-0.1, -0.05) is 29.5 Å². The van der Waals surface area contributed by atoms with Crippen LogP contribution in [0.4, 0.5) is 10.8 Å². The number of nitrogens with one attached hydrogen (secondary N) is 1.